The first-order chi connectivity index (χ1) is 13.8. The number of Topliss-reactive ketones (excluding diaryl/α,β-unsaturated/α-hetero) is 1. The molecule has 1 heterocycles. The van der Waals surface area contributed by atoms with Crippen molar-refractivity contribution in [1.82, 2.24) is 4.57 Å². The molecule has 0 bridgehead atoms. The van der Waals surface area contributed by atoms with Gasteiger partial charge in [0.05, 0.1) is 12.6 Å². The maximum atomic E-state index is 12.7. The van der Waals surface area contributed by atoms with Crippen molar-refractivity contribution in [2.24, 2.45) is 0 Å². The fourth-order valence-electron chi connectivity index (χ4n) is 3.76. The van der Waals surface area contributed by atoms with Gasteiger partial charge in [-0.25, -0.2) is 4.79 Å². The van der Waals surface area contributed by atoms with E-state index in [9.17, 15) is 14.7 Å². The second kappa shape index (κ2) is 8.49. The highest BCUT2D eigenvalue weighted by atomic mass is 16.5. The molecule has 0 amide bonds. The maximum absolute atomic E-state index is 12.7. The molecule has 0 aliphatic carbocycles. The third kappa shape index (κ3) is 4.03. The van der Waals surface area contributed by atoms with Crippen LogP contribution in [0.2, 0.25) is 0 Å². The maximum Gasteiger partial charge on any atom is 0.342 e. The molecule has 1 atom stereocenters. The van der Waals surface area contributed by atoms with Crippen molar-refractivity contribution in [3.63, 3.8) is 0 Å². The number of nitrogens with zero attached hydrogens (tertiary/aromatic N) is 1. The number of ether oxygens (including phenoxy) is 2. The molecule has 1 unspecified atom stereocenters. The smallest absolute Gasteiger partial charge is 0.342 e. The van der Waals surface area contributed by atoms with E-state index in [1.54, 1.807) is 31.4 Å². The van der Waals surface area contributed by atoms with Crippen LogP contribution in [0.15, 0.2) is 42.5 Å². The SMILES string of the molecule is COCC(C)n1c(C)cc(C(=O)COC(=O)c2ccc3ccccc3c2O)c1C. The molecule has 0 spiro atoms. The number of methoxy groups -OCH3 is 1. The molecular formula is C23H25NO5. The van der Waals surface area contributed by atoms with Crippen LogP contribution in [0.3, 0.4) is 0 Å². The van der Waals surface area contributed by atoms with Crippen LogP contribution in [0.5, 0.6) is 5.75 Å². The Morgan fingerprint density at radius 3 is 2.55 bits per heavy atom. The van der Waals surface area contributed by atoms with Gasteiger partial charge in [0.2, 0.25) is 5.78 Å². The number of aromatic hydroxyl groups is 1. The van der Waals surface area contributed by atoms with Crippen molar-refractivity contribution in [1.29, 1.82) is 0 Å². The lowest BCUT2D eigenvalue weighted by atomic mass is 10.1. The predicted molar refractivity (Wildman–Crippen MR) is 111 cm³/mol. The van der Waals surface area contributed by atoms with Gasteiger partial charge in [0.1, 0.15) is 11.3 Å². The van der Waals surface area contributed by atoms with E-state index in [4.69, 9.17) is 9.47 Å². The average molecular weight is 395 g/mol. The lowest BCUT2D eigenvalue weighted by Gasteiger charge is -2.17. The Morgan fingerprint density at radius 2 is 1.83 bits per heavy atom. The monoisotopic (exact) mass is 395 g/mol. The Kier molecular flexibility index (Phi) is 6.03. The summed E-state index contributed by atoms with van der Waals surface area (Å²) in [6.45, 7) is 5.94. The molecule has 6 heteroatoms. The molecule has 3 rings (SSSR count). The van der Waals surface area contributed by atoms with Gasteiger partial charge >= 0.3 is 5.97 Å². The van der Waals surface area contributed by atoms with Crippen LogP contribution in [0.1, 0.15) is 45.1 Å². The summed E-state index contributed by atoms with van der Waals surface area (Å²) in [5.41, 5.74) is 2.30. The average Bonchev–Trinajstić information content (AvgIpc) is 3.00. The van der Waals surface area contributed by atoms with Crippen LogP contribution in [0, 0.1) is 13.8 Å². The highest BCUT2D eigenvalue weighted by molar-refractivity contribution is 6.03. The molecule has 0 radical (unpaired) electrons. The van der Waals surface area contributed by atoms with Crippen molar-refractivity contribution in [2.75, 3.05) is 20.3 Å². The van der Waals surface area contributed by atoms with Crippen molar-refractivity contribution in [3.8, 4) is 5.75 Å². The lowest BCUT2D eigenvalue weighted by molar-refractivity contribution is 0.0472. The number of hydrogen-bond donors (Lipinski definition) is 1. The number of carbonyl (C=O) groups is 2. The highest BCUT2D eigenvalue weighted by Gasteiger charge is 2.21. The highest BCUT2D eigenvalue weighted by Crippen LogP contribution is 2.29. The quantitative estimate of drug-likeness (QED) is 0.479. The minimum Gasteiger partial charge on any atom is -0.506 e. The summed E-state index contributed by atoms with van der Waals surface area (Å²) in [5, 5.41) is 11.8. The van der Waals surface area contributed by atoms with Crippen LogP contribution >= 0.6 is 0 Å². The third-order valence-corrected chi connectivity index (χ3v) is 5.09. The van der Waals surface area contributed by atoms with Gasteiger partial charge in [-0.15, -0.1) is 0 Å². The van der Waals surface area contributed by atoms with Crippen LogP contribution in [0.4, 0.5) is 0 Å². The zero-order valence-electron chi connectivity index (χ0n) is 17.1. The second-order valence-electron chi connectivity index (χ2n) is 7.14. The lowest BCUT2D eigenvalue weighted by Crippen LogP contribution is -2.17. The fourth-order valence-corrected chi connectivity index (χ4v) is 3.76. The standard InChI is InChI=1S/C23H25NO5/c1-14-11-20(16(3)24(14)15(2)12-28-4)21(25)13-29-23(27)19-10-9-17-7-5-6-8-18(17)22(19)26/h5-11,15,26H,12-13H2,1-4H3. The van der Waals surface area contributed by atoms with Crippen LogP contribution in [0.25, 0.3) is 10.8 Å². The first kappa shape index (κ1) is 20.6. The molecule has 0 saturated carbocycles. The van der Waals surface area contributed by atoms with Gasteiger partial charge in [-0.1, -0.05) is 30.3 Å². The van der Waals surface area contributed by atoms with Gasteiger partial charge in [-0.3, -0.25) is 4.79 Å². The van der Waals surface area contributed by atoms with Gasteiger partial charge in [-0.2, -0.15) is 0 Å². The zero-order chi connectivity index (χ0) is 21.1. The summed E-state index contributed by atoms with van der Waals surface area (Å²) < 4.78 is 12.4. The Morgan fingerprint density at radius 1 is 1.10 bits per heavy atom. The first-order valence-electron chi connectivity index (χ1n) is 9.43. The van der Waals surface area contributed by atoms with Crippen molar-refractivity contribution in [3.05, 3.63) is 65.0 Å². The molecule has 0 saturated heterocycles. The molecule has 3 aromatic rings. The minimum absolute atomic E-state index is 0.0377. The van der Waals surface area contributed by atoms with E-state index >= 15 is 0 Å². The Bertz CT molecular complexity index is 1070. The molecule has 29 heavy (non-hydrogen) atoms. The number of phenols is 1. The Labute approximate surface area is 169 Å². The summed E-state index contributed by atoms with van der Waals surface area (Å²) in [4.78, 5) is 25.1. The summed E-state index contributed by atoms with van der Waals surface area (Å²) >= 11 is 0. The van der Waals surface area contributed by atoms with Crippen LogP contribution in [-0.4, -0.2) is 41.7 Å². The zero-order valence-corrected chi connectivity index (χ0v) is 17.1. The van der Waals surface area contributed by atoms with Gasteiger partial charge in [0, 0.05) is 29.4 Å². The minimum atomic E-state index is -0.733. The summed E-state index contributed by atoms with van der Waals surface area (Å²) in [6.07, 6.45) is 0. The normalized spacial score (nSPS) is 12.1. The van der Waals surface area contributed by atoms with E-state index in [2.05, 4.69) is 0 Å². The van der Waals surface area contributed by atoms with E-state index in [0.717, 1.165) is 16.8 Å². The second-order valence-corrected chi connectivity index (χ2v) is 7.14. The summed E-state index contributed by atoms with van der Waals surface area (Å²) in [6, 6.07) is 12.3. The van der Waals surface area contributed by atoms with E-state index in [1.807, 2.05) is 37.5 Å². The number of hydrogen-bond acceptors (Lipinski definition) is 5. The third-order valence-electron chi connectivity index (χ3n) is 5.09. The Balaban J connectivity index is 1.75. The number of aryl methyl sites for hydroxylation is 1. The largest absolute Gasteiger partial charge is 0.506 e. The molecule has 0 aliphatic heterocycles. The number of esters is 1. The molecule has 152 valence electrons. The number of aromatic nitrogens is 1. The van der Waals surface area contributed by atoms with Crippen LogP contribution < -0.4 is 0 Å². The number of benzene rings is 2. The number of fused-ring (bicyclic) bond motifs is 1. The van der Waals surface area contributed by atoms with E-state index in [-0.39, 0.29) is 23.1 Å². The van der Waals surface area contributed by atoms with E-state index in [0.29, 0.717) is 17.6 Å². The van der Waals surface area contributed by atoms with Gasteiger partial charge in [-0.05, 0) is 38.3 Å². The number of carbonyl (C=O) groups excluding carboxylic acids is 2. The van der Waals surface area contributed by atoms with Crippen LogP contribution in [-0.2, 0) is 9.47 Å². The van der Waals surface area contributed by atoms with Crippen molar-refractivity contribution >= 4 is 22.5 Å². The summed E-state index contributed by atoms with van der Waals surface area (Å²) in [7, 11) is 1.64. The Hall–Kier alpha value is -3.12. The molecule has 6 nitrogen and oxygen atoms in total. The molecular weight excluding hydrogens is 370 g/mol. The van der Waals surface area contributed by atoms with E-state index < -0.39 is 12.6 Å². The van der Waals surface area contributed by atoms with Crippen molar-refractivity contribution in [2.45, 2.75) is 26.8 Å². The van der Waals surface area contributed by atoms with Crippen molar-refractivity contribution < 1.29 is 24.2 Å². The van der Waals surface area contributed by atoms with E-state index in [1.165, 1.54) is 6.07 Å². The predicted octanol–water partition coefficient (Wildman–Crippen LogP) is 4.21. The van der Waals surface area contributed by atoms with Gasteiger partial charge in [0.25, 0.3) is 0 Å². The summed E-state index contributed by atoms with van der Waals surface area (Å²) in [5.74, 6) is -1.17. The van der Waals surface area contributed by atoms with Gasteiger partial charge < -0.3 is 19.1 Å². The molecule has 0 fully saturated rings. The topological polar surface area (TPSA) is 77.8 Å². The van der Waals surface area contributed by atoms with Gasteiger partial charge in [0.15, 0.2) is 6.61 Å². The molecule has 1 N–H and O–H groups in total. The number of rotatable bonds is 7. The molecule has 0 aliphatic rings. The number of ketones is 1. The molecule has 2 aromatic carbocycles. The molecule has 1 aromatic heterocycles. The first-order valence-corrected chi connectivity index (χ1v) is 9.43. The number of phenolic OH excluding ortho intramolecular Hbond substituents is 1. The fraction of sp³-hybridized carbons (Fsp3) is 0.304.